The SMILES string of the molecule is C/C=C/CCCC.C=CC. The van der Waals surface area contributed by atoms with Crippen LogP contribution in [0.1, 0.15) is 40.0 Å². The van der Waals surface area contributed by atoms with Crippen LogP contribution in [0.25, 0.3) is 0 Å². The minimum Gasteiger partial charge on any atom is -0.103 e. The van der Waals surface area contributed by atoms with Gasteiger partial charge in [-0.15, -0.1) is 6.58 Å². The van der Waals surface area contributed by atoms with Crippen LogP contribution in [-0.4, -0.2) is 0 Å². The summed E-state index contributed by atoms with van der Waals surface area (Å²) in [7, 11) is 0. The number of unbranched alkanes of at least 4 members (excludes halogenated alkanes) is 2. The Morgan fingerprint density at radius 1 is 1.30 bits per heavy atom. The molecule has 0 spiro atoms. The molecule has 0 aliphatic heterocycles. The molecule has 0 atom stereocenters. The zero-order valence-corrected chi connectivity index (χ0v) is 7.56. The van der Waals surface area contributed by atoms with Crippen LogP contribution >= 0.6 is 0 Å². The molecule has 0 aromatic heterocycles. The van der Waals surface area contributed by atoms with Gasteiger partial charge in [0.15, 0.2) is 0 Å². The van der Waals surface area contributed by atoms with Crippen LogP contribution < -0.4 is 0 Å². The lowest BCUT2D eigenvalue weighted by Crippen LogP contribution is -1.63. The van der Waals surface area contributed by atoms with E-state index in [4.69, 9.17) is 0 Å². The van der Waals surface area contributed by atoms with Gasteiger partial charge in [-0.3, -0.25) is 0 Å². The third-order valence-corrected chi connectivity index (χ3v) is 0.960. The number of hydrogen-bond donors (Lipinski definition) is 0. The number of rotatable bonds is 3. The zero-order chi connectivity index (χ0) is 8.24. The molecule has 0 heteroatoms. The fourth-order valence-corrected chi connectivity index (χ4v) is 0.489. The Labute approximate surface area is 65.7 Å². The second-order valence-electron chi connectivity index (χ2n) is 2.12. The molecule has 0 radical (unpaired) electrons. The average Bonchev–Trinajstić information content (AvgIpc) is 1.91. The smallest absolute Gasteiger partial charge is 0.0351 e. The largest absolute Gasteiger partial charge is 0.103 e. The van der Waals surface area contributed by atoms with E-state index in [0.29, 0.717) is 0 Å². The second kappa shape index (κ2) is 15.8. The van der Waals surface area contributed by atoms with Gasteiger partial charge in [-0.05, 0) is 20.3 Å². The van der Waals surface area contributed by atoms with Gasteiger partial charge >= 0.3 is 0 Å². The van der Waals surface area contributed by atoms with E-state index in [9.17, 15) is 0 Å². The van der Waals surface area contributed by atoms with Gasteiger partial charge in [0.05, 0.1) is 0 Å². The van der Waals surface area contributed by atoms with Gasteiger partial charge in [0.25, 0.3) is 0 Å². The van der Waals surface area contributed by atoms with E-state index in [0.717, 1.165) is 0 Å². The Balaban J connectivity index is 0. The van der Waals surface area contributed by atoms with Crippen molar-refractivity contribution >= 4 is 0 Å². The third-order valence-electron chi connectivity index (χ3n) is 0.960. The van der Waals surface area contributed by atoms with Gasteiger partial charge in [0.2, 0.25) is 0 Å². The summed E-state index contributed by atoms with van der Waals surface area (Å²) in [6.45, 7) is 9.53. The van der Waals surface area contributed by atoms with E-state index in [-0.39, 0.29) is 0 Å². The van der Waals surface area contributed by atoms with Crippen molar-refractivity contribution in [2.45, 2.75) is 40.0 Å². The third kappa shape index (κ3) is 25.9. The molecule has 0 aliphatic rings. The Morgan fingerprint density at radius 3 is 2.10 bits per heavy atom. The number of allylic oxidation sites excluding steroid dienone is 3. The zero-order valence-electron chi connectivity index (χ0n) is 7.56. The predicted molar refractivity (Wildman–Crippen MR) is 50.2 cm³/mol. The fourth-order valence-electron chi connectivity index (χ4n) is 0.489. The first kappa shape index (κ1) is 12.2. The average molecular weight is 140 g/mol. The molecule has 0 unspecified atom stereocenters. The number of hydrogen-bond acceptors (Lipinski definition) is 0. The van der Waals surface area contributed by atoms with Crippen molar-refractivity contribution in [2.24, 2.45) is 0 Å². The van der Waals surface area contributed by atoms with E-state index >= 15 is 0 Å². The highest BCUT2D eigenvalue weighted by Crippen LogP contribution is 1.93. The minimum absolute atomic E-state index is 1.26. The first-order chi connectivity index (χ1) is 4.83. The fraction of sp³-hybridized carbons (Fsp3) is 0.600. The summed E-state index contributed by atoms with van der Waals surface area (Å²) in [4.78, 5) is 0. The van der Waals surface area contributed by atoms with Gasteiger partial charge in [-0.2, -0.15) is 0 Å². The monoisotopic (exact) mass is 140 g/mol. The molecule has 0 N–H and O–H groups in total. The highest BCUT2D eigenvalue weighted by Gasteiger charge is 1.73. The molecule has 0 saturated carbocycles. The summed E-state index contributed by atoms with van der Waals surface area (Å²) in [5, 5.41) is 0. The molecule has 10 heavy (non-hydrogen) atoms. The summed E-state index contributed by atoms with van der Waals surface area (Å²) >= 11 is 0. The van der Waals surface area contributed by atoms with Crippen molar-refractivity contribution < 1.29 is 0 Å². The second-order valence-corrected chi connectivity index (χ2v) is 2.12. The van der Waals surface area contributed by atoms with Crippen LogP contribution in [-0.2, 0) is 0 Å². The van der Waals surface area contributed by atoms with Gasteiger partial charge < -0.3 is 0 Å². The first-order valence-corrected chi connectivity index (χ1v) is 4.01. The van der Waals surface area contributed by atoms with Crippen LogP contribution in [0, 0.1) is 0 Å². The van der Waals surface area contributed by atoms with Crippen molar-refractivity contribution in [3.8, 4) is 0 Å². The van der Waals surface area contributed by atoms with Gasteiger partial charge in [-0.1, -0.05) is 38.0 Å². The Morgan fingerprint density at radius 2 is 1.80 bits per heavy atom. The van der Waals surface area contributed by atoms with Crippen molar-refractivity contribution in [3.63, 3.8) is 0 Å². The van der Waals surface area contributed by atoms with Gasteiger partial charge in [-0.25, -0.2) is 0 Å². The summed E-state index contributed by atoms with van der Waals surface area (Å²) < 4.78 is 0. The van der Waals surface area contributed by atoms with Gasteiger partial charge in [0, 0.05) is 0 Å². The quantitative estimate of drug-likeness (QED) is 0.411. The maximum Gasteiger partial charge on any atom is -0.0351 e. The summed E-state index contributed by atoms with van der Waals surface area (Å²) in [5.41, 5.74) is 0. The van der Waals surface area contributed by atoms with Crippen LogP contribution in [0.5, 0.6) is 0 Å². The van der Waals surface area contributed by atoms with Crippen LogP contribution in [0.4, 0.5) is 0 Å². The highest BCUT2D eigenvalue weighted by atomic mass is 13.8. The summed E-state index contributed by atoms with van der Waals surface area (Å²) in [6, 6.07) is 0. The van der Waals surface area contributed by atoms with Crippen molar-refractivity contribution in [1.82, 2.24) is 0 Å². The van der Waals surface area contributed by atoms with E-state index in [2.05, 4.69) is 32.6 Å². The van der Waals surface area contributed by atoms with Crippen LogP contribution in [0.3, 0.4) is 0 Å². The standard InChI is InChI=1S/C7H14.C3H6/c1-3-5-7-6-4-2;1-3-2/h3,5H,4,6-7H2,1-2H3;3H,1H2,2H3/b5-3+;. The molecular weight excluding hydrogens is 120 g/mol. The van der Waals surface area contributed by atoms with E-state index in [1.54, 1.807) is 6.08 Å². The molecule has 0 nitrogen and oxygen atoms in total. The Kier molecular flexibility index (Phi) is 19.3. The minimum atomic E-state index is 1.26. The van der Waals surface area contributed by atoms with E-state index in [1.165, 1.54) is 19.3 Å². The lowest BCUT2D eigenvalue weighted by molar-refractivity contribution is 0.814. The normalized spacial score (nSPS) is 8.70. The molecule has 0 saturated heterocycles. The van der Waals surface area contributed by atoms with E-state index in [1.807, 2.05) is 6.92 Å². The topological polar surface area (TPSA) is 0 Å². The summed E-state index contributed by atoms with van der Waals surface area (Å²) in [6.07, 6.45) is 9.97. The lowest BCUT2D eigenvalue weighted by Gasteiger charge is -1.83. The van der Waals surface area contributed by atoms with E-state index < -0.39 is 0 Å². The van der Waals surface area contributed by atoms with Crippen molar-refractivity contribution in [1.29, 1.82) is 0 Å². The Hall–Kier alpha value is -0.520. The van der Waals surface area contributed by atoms with Crippen LogP contribution in [0.15, 0.2) is 24.8 Å². The van der Waals surface area contributed by atoms with Crippen LogP contribution in [0.2, 0.25) is 0 Å². The molecule has 0 aromatic rings. The Bertz CT molecular complexity index is 70.1. The molecule has 0 heterocycles. The molecule has 0 amide bonds. The maximum atomic E-state index is 3.36. The molecule has 60 valence electrons. The van der Waals surface area contributed by atoms with Crippen molar-refractivity contribution in [3.05, 3.63) is 24.8 Å². The molecule has 0 fully saturated rings. The predicted octanol–water partition coefficient (Wildman–Crippen LogP) is 3.95. The maximum absolute atomic E-state index is 3.36. The lowest BCUT2D eigenvalue weighted by atomic mass is 10.2. The van der Waals surface area contributed by atoms with Crippen molar-refractivity contribution in [2.75, 3.05) is 0 Å². The molecule has 0 aromatic carbocycles. The summed E-state index contributed by atoms with van der Waals surface area (Å²) in [5.74, 6) is 0. The molecular formula is C10H20. The molecule has 0 aliphatic carbocycles. The molecule has 0 bridgehead atoms. The van der Waals surface area contributed by atoms with Gasteiger partial charge in [0.1, 0.15) is 0 Å². The first-order valence-electron chi connectivity index (χ1n) is 4.01. The highest BCUT2D eigenvalue weighted by molar-refractivity contribution is 4.75. The molecule has 0 rings (SSSR count).